The van der Waals surface area contributed by atoms with E-state index in [0.29, 0.717) is 5.56 Å². The van der Waals surface area contributed by atoms with E-state index in [9.17, 15) is 14.4 Å². The van der Waals surface area contributed by atoms with Crippen molar-refractivity contribution in [2.45, 2.75) is 94.3 Å². The number of hydrogen-bond acceptors (Lipinski definition) is 11. The molecule has 68 heavy (non-hydrogen) atoms. The molecule has 6 aromatic carbocycles. The molecule has 11 atom stereocenters. The Labute approximate surface area is 394 Å². The molecule has 0 aliphatic carbocycles. The number of carbonyl (C=O) groups excluding carboxylic acids is 3. The average molecular weight is 917 g/mol. The number of fused-ring (bicyclic) bond motifs is 2. The van der Waals surface area contributed by atoms with Gasteiger partial charge in [0.15, 0.2) is 18.8 Å². The van der Waals surface area contributed by atoms with E-state index in [-0.39, 0.29) is 37.6 Å². The maximum Gasteiger partial charge on any atom is 0.262 e. The van der Waals surface area contributed by atoms with Crippen molar-refractivity contribution in [3.63, 3.8) is 0 Å². The Morgan fingerprint density at radius 1 is 0.574 bits per heavy atom. The molecule has 13 heteroatoms. The molecular weight excluding hydrogens is 865 g/mol. The standard InChI is InChI=1S/C55H52N2O11/c1-35-45(61-31-36-19-7-2-8-20-36)48(62-32-37-21-9-3-10-22-37)49(63-33-38-23-11-4-12-24-38)55(65-35)68-47-44(57-52(59)41-29-17-18-30-42(41)53(57)60)51(56-50(58)39-25-13-5-14-26-39)66-43-34-64-54(67-46(43)47)40-27-15-6-16-28-40/h2-30,35,43-49,51,54-55H,31-34H2,1H3,(H,56,58)/t35-,43+,44+,45+,46+,47+,48+,49-,51-,54?,55-/m0/s1. The molecule has 6 aromatic rings. The molecule has 348 valence electrons. The lowest BCUT2D eigenvalue weighted by atomic mass is 9.92. The van der Waals surface area contributed by atoms with Gasteiger partial charge in [-0.15, -0.1) is 0 Å². The van der Waals surface area contributed by atoms with Crippen LogP contribution in [0.15, 0.2) is 176 Å². The molecule has 0 radical (unpaired) electrons. The van der Waals surface area contributed by atoms with Crippen LogP contribution in [0, 0.1) is 0 Å². The minimum absolute atomic E-state index is 0.0186. The van der Waals surface area contributed by atoms with Crippen LogP contribution in [0.3, 0.4) is 0 Å². The number of imide groups is 1. The molecular formula is C55H52N2O11. The monoisotopic (exact) mass is 916 g/mol. The summed E-state index contributed by atoms with van der Waals surface area (Å²) in [5, 5.41) is 3.01. The summed E-state index contributed by atoms with van der Waals surface area (Å²) in [4.78, 5) is 44.7. The van der Waals surface area contributed by atoms with E-state index in [2.05, 4.69) is 5.32 Å². The molecule has 4 heterocycles. The quantitative estimate of drug-likeness (QED) is 0.101. The van der Waals surface area contributed by atoms with Gasteiger partial charge in [-0.1, -0.05) is 152 Å². The number of amides is 3. The molecule has 0 aromatic heterocycles. The van der Waals surface area contributed by atoms with Crippen LogP contribution in [0.5, 0.6) is 0 Å². The van der Waals surface area contributed by atoms with Gasteiger partial charge in [-0.2, -0.15) is 0 Å². The van der Waals surface area contributed by atoms with Crippen molar-refractivity contribution < 1.29 is 52.3 Å². The van der Waals surface area contributed by atoms with Crippen molar-refractivity contribution in [1.82, 2.24) is 10.2 Å². The minimum Gasteiger partial charge on any atom is -0.368 e. The maximum atomic E-state index is 14.7. The fourth-order valence-corrected chi connectivity index (χ4v) is 9.35. The van der Waals surface area contributed by atoms with Crippen molar-refractivity contribution in [3.8, 4) is 0 Å². The Morgan fingerprint density at radius 3 is 1.62 bits per heavy atom. The Kier molecular flexibility index (Phi) is 13.9. The first-order chi connectivity index (χ1) is 33.4. The molecule has 13 nitrogen and oxygen atoms in total. The number of carbonyl (C=O) groups is 3. The average Bonchev–Trinajstić information content (AvgIpc) is 3.64. The SMILES string of the molecule is C[C@@H]1O[C@@H](O[C@H]2[C@@H]3OC(c4ccccc4)OC[C@H]3O[C@H](NC(=O)c3ccccc3)[C@@H]2N2C(=O)c3ccccc3C2=O)[C@@H](OCc2ccccc2)[C@H](OCc2ccccc2)[C@@H]1OCc1ccccc1. The second kappa shape index (κ2) is 20.9. The highest BCUT2D eigenvalue weighted by Crippen LogP contribution is 2.41. The molecule has 3 amide bonds. The van der Waals surface area contributed by atoms with Crippen LogP contribution in [0.25, 0.3) is 0 Å². The number of nitrogens with zero attached hydrogens (tertiary/aromatic N) is 1. The van der Waals surface area contributed by atoms with Gasteiger partial charge in [0.1, 0.15) is 42.7 Å². The number of rotatable bonds is 15. The largest absolute Gasteiger partial charge is 0.368 e. The van der Waals surface area contributed by atoms with Gasteiger partial charge in [-0.3, -0.25) is 19.3 Å². The lowest BCUT2D eigenvalue weighted by Gasteiger charge is -2.53. The fourth-order valence-electron chi connectivity index (χ4n) is 9.35. The van der Waals surface area contributed by atoms with E-state index in [1.165, 1.54) is 0 Å². The number of benzene rings is 6. The van der Waals surface area contributed by atoms with E-state index >= 15 is 0 Å². The molecule has 4 aliphatic heterocycles. The number of nitrogens with one attached hydrogen (secondary N) is 1. The summed E-state index contributed by atoms with van der Waals surface area (Å²) in [6.45, 7) is 2.55. The molecule has 3 fully saturated rings. The Morgan fingerprint density at radius 2 is 1.06 bits per heavy atom. The highest BCUT2D eigenvalue weighted by atomic mass is 16.8. The summed E-state index contributed by atoms with van der Waals surface area (Å²) in [6.07, 6.45) is -9.53. The predicted molar refractivity (Wildman–Crippen MR) is 248 cm³/mol. The van der Waals surface area contributed by atoms with Gasteiger partial charge in [-0.05, 0) is 47.9 Å². The van der Waals surface area contributed by atoms with Gasteiger partial charge in [-0.25, -0.2) is 0 Å². The van der Waals surface area contributed by atoms with Crippen molar-refractivity contribution in [2.75, 3.05) is 6.61 Å². The van der Waals surface area contributed by atoms with Crippen LogP contribution in [0.2, 0.25) is 0 Å². The third-order valence-electron chi connectivity index (χ3n) is 12.7. The van der Waals surface area contributed by atoms with Gasteiger partial charge in [0.25, 0.3) is 17.7 Å². The summed E-state index contributed by atoms with van der Waals surface area (Å²) in [5.74, 6) is -1.65. The Hall–Kier alpha value is -6.39. The maximum absolute atomic E-state index is 14.7. The van der Waals surface area contributed by atoms with Crippen LogP contribution in [-0.2, 0) is 57.7 Å². The van der Waals surface area contributed by atoms with E-state index < -0.39 is 85.3 Å². The summed E-state index contributed by atoms with van der Waals surface area (Å²) in [7, 11) is 0. The molecule has 4 aliphatic rings. The van der Waals surface area contributed by atoms with Crippen molar-refractivity contribution in [3.05, 3.63) is 215 Å². The zero-order chi connectivity index (χ0) is 46.4. The van der Waals surface area contributed by atoms with E-state index in [1.54, 1.807) is 54.6 Å². The van der Waals surface area contributed by atoms with Crippen LogP contribution in [0.1, 0.15) is 66.5 Å². The van der Waals surface area contributed by atoms with E-state index in [4.69, 9.17) is 37.9 Å². The van der Waals surface area contributed by atoms with Crippen LogP contribution in [0.4, 0.5) is 0 Å². The topological polar surface area (TPSA) is 140 Å². The Balaban J connectivity index is 1.07. The molecule has 1 N–H and O–H groups in total. The van der Waals surface area contributed by atoms with E-state index in [0.717, 1.165) is 27.2 Å². The normalized spacial score (nSPS) is 27.8. The summed E-state index contributed by atoms with van der Waals surface area (Å²) in [5.41, 5.74) is 4.29. The second-order valence-electron chi connectivity index (χ2n) is 17.2. The van der Waals surface area contributed by atoms with Crippen molar-refractivity contribution >= 4 is 17.7 Å². The van der Waals surface area contributed by atoms with Crippen LogP contribution in [-0.4, -0.2) is 90.5 Å². The highest BCUT2D eigenvalue weighted by Gasteiger charge is 2.59. The first-order valence-electron chi connectivity index (χ1n) is 23.0. The molecule has 0 bridgehead atoms. The summed E-state index contributed by atoms with van der Waals surface area (Å²) < 4.78 is 54.7. The lowest BCUT2D eigenvalue weighted by molar-refractivity contribution is -0.371. The molecule has 10 rings (SSSR count). The van der Waals surface area contributed by atoms with Crippen molar-refractivity contribution in [2.24, 2.45) is 0 Å². The van der Waals surface area contributed by atoms with Crippen molar-refractivity contribution in [1.29, 1.82) is 0 Å². The van der Waals surface area contributed by atoms with Gasteiger partial charge < -0.3 is 43.2 Å². The van der Waals surface area contributed by atoms with Crippen LogP contribution >= 0.6 is 0 Å². The molecule has 3 saturated heterocycles. The molecule has 1 unspecified atom stereocenters. The first kappa shape index (κ1) is 45.4. The second-order valence-corrected chi connectivity index (χ2v) is 17.2. The number of hydrogen-bond donors (Lipinski definition) is 1. The lowest BCUT2D eigenvalue weighted by Crippen LogP contribution is -2.72. The minimum atomic E-state index is -1.31. The molecule has 0 spiro atoms. The predicted octanol–water partition coefficient (Wildman–Crippen LogP) is 7.81. The van der Waals surface area contributed by atoms with Crippen LogP contribution < -0.4 is 5.32 Å². The van der Waals surface area contributed by atoms with Gasteiger partial charge in [0.05, 0.1) is 43.7 Å². The van der Waals surface area contributed by atoms with Gasteiger partial charge in [0.2, 0.25) is 0 Å². The smallest absolute Gasteiger partial charge is 0.262 e. The molecule has 0 saturated carbocycles. The van der Waals surface area contributed by atoms with E-state index in [1.807, 2.05) is 128 Å². The third-order valence-corrected chi connectivity index (χ3v) is 12.7. The highest BCUT2D eigenvalue weighted by molar-refractivity contribution is 6.21. The van der Waals surface area contributed by atoms with Gasteiger partial charge in [0, 0.05) is 11.1 Å². The van der Waals surface area contributed by atoms with Gasteiger partial charge >= 0.3 is 0 Å². The zero-order valence-electron chi connectivity index (χ0n) is 37.4. The summed E-state index contributed by atoms with van der Waals surface area (Å²) in [6, 6.07) is 52.8. The zero-order valence-corrected chi connectivity index (χ0v) is 37.4. The first-order valence-corrected chi connectivity index (χ1v) is 23.0. The third kappa shape index (κ3) is 9.79. The Bertz CT molecular complexity index is 2590. The summed E-state index contributed by atoms with van der Waals surface area (Å²) >= 11 is 0. The fraction of sp³-hybridized carbons (Fsp3) is 0.291. The number of ether oxygens (including phenoxy) is 8.